The second kappa shape index (κ2) is 17.7. The lowest BCUT2D eigenvalue weighted by Crippen LogP contribution is -2.09. The van der Waals surface area contributed by atoms with Crippen molar-refractivity contribution in [2.75, 3.05) is 4.90 Å². The highest BCUT2D eigenvalue weighted by Crippen LogP contribution is 2.48. The molecule has 0 atom stereocenters. The molecule has 0 aliphatic carbocycles. The molecule has 0 unspecified atom stereocenters. The molecular formula is C72H47N. The fraction of sp³-hybridized carbons (Fsp3) is 0. The Balaban J connectivity index is 0.960. The molecule has 0 N–H and O–H groups in total. The van der Waals surface area contributed by atoms with Crippen LogP contribution >= 0.6 is 0 Å². The summed E-state index contributed by atoms with van der Waals surface area (Å²) in [6.07, 6.45) is 0. The summed E-state index contributed by atoms with van der Waals surface area (Å²) < 4.78 is 0. The Hall–Kier alpha value is -9.56. The van der Waals surface area contributed by atoms with Gasteiger partial charge in [-0.15, -0.1) is 0 Å². The van der Waals surface area contributed by atoms with E-state index < -0.39 is 0 Å². The highest BCUT2D eigenvalue weighted by atomic mass is 15.1. The summed E-state index contributed by atoms with van der Waals surface area (Å²) in [7, 11) is 0. The molecule has 0 saturated carbocycles. The summed E-state index contributed by atoms with van der Waals surface area (Å²) >= 11 is 0. The van der Waals surface area contributed by atoms with Crippen LogP contribution in [-0.2, 0) is 0 Å². The molecule has 0 aliphatic heterocycles. The van der Waals surface area contributed by atoms with Gasteiger partial charge in [-0.3, -0.25) is 0 Å². The molecule has 0 aromatic heterocycles. The van der Waals surface area contributed by atoms with Crippen LogP contribution < -0.4 is 4.90 Å². The van der Waals surface area contributed by atoms with E-state index >= 15 is 0 Å². The SMILES string of the molecule is c1ccc(N(c2ccccc2)c2cccc(-c3c4ccccc4c(-c4cccc(-c5ccc6c(-c7ccc8ccccc8c7)c7ccccc7c(-c7ccc8ccccc8c7)c6c5)c4)c4ccccc34)c2)cc1. The number of rotatable bonds is 8. The third kappa shape index (κ3) is 7.33. The minimum Gasteiger partial charge on any atom is -0.310 e. The third-order valence-corrected chi connectivity index (χ3v) is 14.9. The highest BCUT2D eigenvalue weighted by molar-refractivity contribution is 6.24. The first-order chi connectivity index (χ1) is 36.2. The van der Waals surface area contributed by atoms with Crippen LogP contribution in [0.4, 0.5) is 17.1 Å². The number of anilines is 3. The van der Waals surface area contributed by atoms with Gasteiger partial charge in [0.15, 0.2) is 0 Å². The molecule has 340 valence electrons. The first-order valence-electron chi connectivity index (χ1n) is 25.2. The smallest absolute Gasteiger partial charge is 0.0467 e. The number of hydrogen-bond donors (Lipinski definition) is 0. The van der Waals surface area contributed by atoms with Crippen molar-refractivity contribution in [3.63, 3.8) is 0 Å². The van der Waals surface area contributed by atoms with E-state index in [1.807, 2.05) is 0 Å². The minimum absolute atomic E-state index is 1.11. The summed E-state index contributed by atoms with van der Waals surface area (Å²) in [5, 5.41) is 14.8. The van der Waals surface area contributed by atoms with Crippen LogP contribution in [0.5, 0.6) is 0 Å². The van der Waals surface area contributed by atoms with Crippen molar-refractivity contribution in [3.05, 3.63) is 285 Å². The zero-order valence-electron chi connectivity index (χ0n) is 40.1. The predicted octanol–water partition coefficient (Wildman–Crippen LogP) is 20.4. The lowest BCUT2D eigenvalue weighted by molar-refractivity contribution is 1.28. The zero-order valence-corrected chi connectivity index (χ0v) is 40.1. The van der Waals surface area contributed by atoms with Gasteiger partial charge in [0.1, 0.15) is 0 Å². The standard InChI is InChI=1S/C72H47N/c1-3-26-58(27-4-1)73(59-28-5-2-6-29-59)60-30-18-25-55(46-60)70-63-33-13-11-31-61(63)69(62-32-12-14-34-64(62)70)54-24-17-23-52(45-54)53-41-42-67-68(47-53)72(57-40-38-49-20-8-10-22-51(49)44-57)66-36-16-15-35-65(66)71(67)56-39-37-48-19-7-9-21-50(48)43-56/h1-47H. The van der Waals surface area contributed by atoms with Gasteiger partial charge in [-0.1, -0.05) is 224 Å². The third-order valence-electron chi connectivity index (χ3n) is 14.9. The minimum atomic E-state index is 1.11. The molecule has 14 aromatic carbocycles. The van der Waals surface area contributed by atoms with E-state index in [1.54, 1.807) is 0 Å². The molecule has 0 radical (unpaired) electrons. The van der Waals surface area contributed by atoms with Gasteiger partial charge in [-0.05, 0) is 181 Å². The Morgan fingerprint density at radius 3 is 0.986 bits per heavy atom. The van der Waals surface area contributed by atoms with Gasteiger partial charge in [0.05, 0.1) is 0 Å². The van der Waals surface area contributed by atoms with Crippen LogP contribution in [-0.4, -0.2) is 0 Å². The highest BCUT2D eigenvalue weighted by Gasteiger charge is 2.21. The van der Waals surface area contributed by atoms with Crippen LogP contribution in [0.15, 0.2) is 285 Å². The molecule has 0 saturated heterocycles. The Morgan fingerprint density at radius 2 is 0.493 bits per heavy atom. The number of benzene rings is 14. The van der Waals surface area contributed by atoms with Gasteiger partial charge in [-0.2, -0.15) is 0 Å². The van der Waals surface area contributed by atoms with Gasteiger partial charge in [0.25, 0.3) is 0 Å². The first-order valence-corrected chi connectivity index (χ1v) is 25.2. The summed E-state index contributed by atoms with van der Waals surface area (Å²) in [6.45, 7) is 0. The average molecular weight is 926 g/mol. The summed E-state index contributed by atoms with van der Waals surface area (Å²) in [5.74, 6) is 0. The maximum absolute atomic E-state index is 2.45. The van der Waals surface area contributed by atoms with Crippen molar-refractivity contribution in [1.29, 1.82) is 0 Å². The molecule has 0 heterocycles. The van der Waals surface area contributed by atoms with Gasteiger partial charge in [0, 0.05) is 17.1 Å². The molecule has 1 heteroatoms. The Bertz CT molecular complexity index is 4340. The van der Waals surface area contributed by atoms with Crippen molar-refractivity contribution in [2.45, 2.75) is 0 Å². The van der Waals surface area contributed by atoms with E-state index in [4.69, 9.17) is 0 Å². The Labute approximate surface area is 425 Å². The summed E-state index contributed by atoms with van der Waals surface area (Å²) in [5.41, 5.74) is 15.5. The van der Waals surface area contributed by atoms with Gasteiger partial charge >= 0.3 is 0 Å². The van der Waals surface area contributed by atoms with Crippen LogP contribution in [0.2, 0.25) is 0 Å². The van der Waals surface area contributed by atoms with Gasteiger partial charge < -0.3 is 4.90 Å². The number of fused-ring (bicyclic) bond motifs is 6. The second-order valence-electron chi connectivity index (χ2n) is 19.2. The molecule has 0 amide bonds. The van der Waals surface area contributed by atoms with E-state index in [1.165, 1.54) is 120 Å². The average Bonchev–Trinajstić information content (AvgIpc) is 3.46. The maximum atomic E-state index is 2.45. The molecule has 73 heavy (non-hydrogen) atoms. The van der Waals surface area contributed by atoms with Gasteiger partial charge in [-0.25, -0.2) is 0 Å². The summed E-state index contributed by atoms with van der Waals surface area (Å²) in [4.78, 5) is 2.35. The quantitative estimate of drug-likeness (QED) is 0.137. The fourth-order valence-corrected chi connectivity index (χ4v) is 11.7. The number of para-hydroxylation sites is 2. The number of nitrogens with zero attached hydrogens (tertiary/aromatic N) is 1. The second-order valence-corrected chi connectivity index (χ2v) is 19.2. The topological polar surface area (TPSA) is 3.24 Å². The van der Waals surface area contributed by atoms with Crippen LogP contribution in [0.1, 0.15) is 0 Å². The van der Waals surface area contributed by atoms with Crippen LogP contribution in [0.25, 0.3) is 120 Å². The number of hydrogen-bond acceptors (Lipinski definition) is 1. The monoisotopic (exact) mass is 925 g/mol. The molecule has 1 nitrogen and oxygen atoms in total. The predicted molar refractivity (Wildman–Crippen MR) is 313 cm³/mol. The normalized spacial score (nSPS) is 11.6. The maximum Gasteiger partial charge on any atom is 0.0467 e. The molecular weight excluding hydrogens is 879 g/mol. The van der Waals surface area contributed by atoms with E-state index in [2.05, 4.69) is 290 Å². The largest absolute Gasteiger partial charge is 0.310 e. The van der Waals surface area contributed by atoms with Crippen molar-refractivity contribution >= 4 is 81.7 Å². The Morgan fingerprint density at radius 1 is 0.164 bits per heavy atom. The van der Waals surface area contributed by atoms with Gasteiger partial charge in [0.2, 0.25) is 0 Å². The molecule has 14 rings (SSSR count). The summed E-state index contributed by atoms with van der Waals surface area (Å²) in [6, 6.07) is 105. The molecule has 14 aromatic rings. The van der Waals surface area contributed by atoms with E-state index in [0.29, 0.717) is 0 Å². The van der Waals surface area contributed by atoms with Crippen LogP contribution in [0, 0.1) is 0 Å². The first kappa shape index (κ1) is 42.3. The lowest BCUT2D eigenvalue weighted by atomic mass is 9.83. The molecule has 0 fully saturated rings. The fourth-order valence-electron chi connectivity index (χ4n) is 11.7. The zero-order chi connectivity index (χ0) is 48.2. The van der Waals surface area contributed by atoms with Crippen molar-refractivity contribution in [1.82, 2.24) is 0 Å². The van der Waals surface area contributed by atoms with Crippen LogP contribution in [0.3, 0.4) is 0 Å². The molecule has 0 bridgehead atoms. The van der Waals surface area contributed by atoms with E-state index in [9.17, 15) is 0 Å². The van der Waals surface area contributed by atoms with Crippen molar-refractivity contribution < 1.29 is 0 Å². The lowest BCUT2D eigenvalue weighted by Gasteiger charge is -2.26. The molecule has 0 aliphatic rings. The van der Waals surface area contributed by atoms with Crippen molar-refractivity contribution in [2.24, 2.45) is 0 Å². The van der Waals surface area contributed by atoms with E-state index in [-0.39, 0.29) is 0 Å². The van der Waals surface area contributed by atoms with E-state index in [0.717, 1.165) is 17.1 Å². The Kier molecular flexibility index (Phi) is 10.3. The molecule has 0 spiro atoms. The van der Waals surface area contributed by atoms with Crippen molar-refractivity contribution in [3.8, 4) is 55.6 Å².